The Balaban J connectivity index is 2.14. The Morgan fingerprint density at radius 2 is 2.29 bits per heavy atom. The van der Waals surface area contributed by atoms with Crippen molar-refractivity contribution in [3.05, 3.63) is 28.4 Å². The second-order valence-electron chi connectivity index (χ2n) is 4.64. The Hall–Kier alpha value is -1.69. The number of anilines is 1. The van der Waals surface area contributed by atoms with Crippen LogP contribution in [-0.4, -0.2) is 29.0 Å². The van der Waals surface area contributed by atoms with Crippen LogP contribution in [0.5, 0.6) is 0 Å². The van der Waals surface area contributed by atoms with E-state index in [4.69, 9.17) is 5.73 Å². The van der Waals surface area contributed by atoms with E-state index >= 15 is 0 Å². The standard InChI is InChI=1S/C11H16N4O2/c1-8-4-9(12)7-14(6-8)10-2-3-11(13-5-10)15(16)17/h2-3,5,8-9H,4,6-7,12H2,1H3. The summed E-state index contributed by atoms with van der Waals surface area (Å²) in [5.74, 6) is 0.414. The van der Waals surface area contributed by atoms with E-state index in [1.54, 1.807) is 12.3 Å². The van der Waals surface area contributed by atoms with Gasteiger partial charge >= 0.3 is 5.82 Å². The van der Waals surface area contributed by atoms with Gasteiger partial charge in [0.15, 0.2) is 6.20 Å². The second kappa shape index (κ2) is 4.67. The molecule has 2 rings (SSSR count). The fourth-order valence-electron chi connectivity index (χ4n) is 2.28. The molecule has 0 bridgehead atoms. The van der Waals surface area contributed by atoms with Crippen molar-refractivity contribution < 1.29 is 4.92 Å². The molecular formula is C11H16N4O2. The molecule has 0 saturated carbocycles. The maximum absolute atomic E-state index is 10.5. The molecule has 92 valence electrons. The van der Waals surface area contributed by atoms with Crippen LogP contribution in [0.15, 0.2) is 18.3 Å². The number of aromatic nitrogens is 1. The zero-order valence-corrected chi connectivity index (χ0v) is 9.74. The smallest absolute Gasteiger partial charge is 0.363 e. The first-order valence-corrected chi connectivity index (χ1v) is 5.67. The third-order valence-corrected chi connectivity index (χ3v) is 2.98. The number of pyridine rings is 1. The number of nitrogens with zero attached hydrogens (tertiary/aromatic N) is 3. The summed E-state index contributed by atoms with van der Waals surface area (Å²) in [5, 5.41) is 10.5. The molecule has 2 N–H and O–H groups in total. The van der Waals surface area contributed by atoms with Gasteiger partial charge in [0, 0.05) is 25.2 Å². The fourth-order valence-corrected chi connectivity index (χ4v) is 2.28. The molecule has 1 fully saturated rings. The Morgan fingerprint density at radius 1 is 1.53 bits per heavy atom. The van der Waals surface area contributed by atoms with E-state index < -0.39 is 4.92 Å². The normalized spacial score (nSPS) is 24.7. The monoisotopic (exact) mass is 236 g/mol. The highest BCUT2D eigenvalue weighted by atomic mass is 16.6. The van der Waals surface area contributed by atoms with E-state index in [1.165, 1.54) is 6.07 Å². The molecule has 2 atom stereocenters. The first-order valence-electron chi connectivity index (χ1n) is 5.67. The summed E-state index contributed by atoms with van der Waals surface area (Å²) in [6.45, 7) is 3.86. The highest BCUT2D eigenvalue weighted by Crippen LogP contribution is 2.22. The lowest BCUT2D eigenvalue weighted by atomic mass is 9.96. The van der Waals surface area contributed by atoms with Gasteiger partial charge in [-0.2, -0.15) is 0 Å². The topological polar surface area (TPSA) is 85.3 Å². The minimum Gasteiger partial charge on any atom is -0.367 e. The SMILES string of the molecule is CC1CC(N)CN(c2ccc([N+](=O)[O-])nc2)C1. The summed E-state index contributed by atoms with van der Waals surface area (Å²) < 4.78 is 0. The van der Waals surface area contributed by atoms with Crippen molar-refractivity contribution in [3.8, 4) is 0 Å². The van der Waals surface area contributed by atoms with Gasteiger partial charge in [0.05, 0.1) is 5.69 Å². The molecule has 1 aliphatic rings. The van der Waals surface area contributed by atoms with Crippen molar-refractivity contribution >= 4 is 11.5 Å². The summed E-state index contributed by atoms with van der Waals surface area (Å²) in [4.78, 5) is 16.0. The van der Waals surface area contributed by atoms with Crippen molar-refractivity contribution in [2.45, 2.75) is 19.4 Å². The maximum atomic E-state index is 10.5. The quantitative estimate of drug-likeness (QED) is 0.615. The summed E-state index contributed by atoms with van der Waals surface area (Å²) in [6.07, 6.45) is 2.57. The average molecular weight is 236 g/mol. The van der Waals surface area contributed by atoms with Gasteiger partial charge in [-0.15, -0.1) is 0 Å². The highest BCUT2D eigenvalue weighted by Gasteiger charge is 2.23. The van der Waals surface area contributed by atoms with E-state index in [9.17, 15) is 10.1 Å². The molecule has 17 heavy (non-hydrogen) atoms. The summed E-state index contributed by atoms with van der Waals surface area (Å²) >= 11 is 0. The first kappa shape index (κ1) is 11.8. The summed E-state index contributed by atoms with van der Waals surface area (Å²) in [5.41, 5.74) is 6.86. The predicted octanol–water partition coefficient (Wildman–Crippen LogP) is 1.16. The molecule has 2 heterocycles. The van der Waals surface area contributed by atoms with Gasteiger partial charge in [-0.3, -0.25) is 0 Å². The number of hydrogen-bond donors (Lipinski definition) is 1. The molecule has 0 spiro atoms. The number of piperidine rings is 1. The van der Waals surface area contributed by atoms with Crippen molar-refractivity contribution in [2.24, 2.45) is 11.7 Å². The van der Waals surface area contributed by atoms with Gasteiger partial charge in [0.25, 0.3) is 0 Å². The van der Waals surface area contributed by atoms with Gasteiger partial charge in [0.2, 0.25) is 0 Å². The van der Waals surface area contributed by atoms with Crippen LogP contribution in [0, 0.1) is 16.0 Å². The van der Waals surface area contributed by atoms with E-state index in [0.29, 0.717) is 5.92 Å². The number of nitrogens with two attached hydrogens (primary N) is 1. The number of rotatable bonds is 2. The number of hydrogen-bond acceptors (Lipinski definition) is 5. The van der Waals surface area contributed by atoms with Crippen molar-refractivity contribution in [3.63, 3.8) is 0 Å². The Labute approximate surface area is 99.6 Å². The van der Waals surface area contributed by atoms with Gasteiger partial charge in [-0.25, -0.2) is 0 Å². The van der Waals surface area contributed by atoms with Crippen LogP contribution in [-0.2, 0) is 0 Å². The lowest BCUT2D eigenvalue weighted by molar-refractivity contribution is -0.389. The molecule has 1 aromatic rings. The van der Waals surface area contributed by atoms with Crippen LogP contribution in [0.1, 0.15) is 13.3 Å². The third-order valence-electron chi connectivity index (χ3n) is 2.98. The van der Waals surface area contributed by atoms with Crippen LogP contribution < -0.4 is 10.6 Å². The van der Waals surface area contributed by atoms with E-state index in [-0.39, 0.29) is 11.9 Å². The van der Waals surface area contributed by atoms with Crippen LogP contribution >= 0.6 is 0 Å². The Morgan fingerprint density at radius 3 is 2.82 bits per heavy atom. The van der Waals surface area contributed by atoms with Crippen LogP contribution in [0.25, 0.3) is 0 Å². The molecule has 0 aliphatic carbocycles. The molecule has 1 saturated heterocycles. The van der Waals surface area contributed by atoms with E-state index in [0.717, 1.165) is 25.2 Å². The van der Waals surface area contributed by atoms with E-state index in [2.05, 4.69) is 16.8 Å². The lowest BCUT2D eigenvalue weighted by Gasteiger charge is -2.35. The molecule has 0 amide bonds. The summed E-state index contributed by atoms with van der Waals surface area (Å²) in [6, 6.07) is 3.32. The van der Waals surface area contributed by atoms with Crippen molar-refractivity contribution in [1.82, 2.24) is 4.98 Å². The van der Waals surface area contributed by atoms with E-state index in [1.807, 2.05) is 0 Å². The van der Waals surface area contributed by atoms with Crippen molar-refractivity contribution in [2.75, 3.05) is 18.0 Å². The Bertz CT molecular complexity index is 396. The molecular weight excluding hydrogens is 220 g/mol. The minimum atomic E-state index is -0.492. The number of nitro groups is 1. The molecule has 6 nitrogen and oxygen atoms in total. The minimum absolute atomic E-state index is 0.122. The van der Waals surface area contributed by atoms with Gasteiger partial charge in [-0.1, -0.05) is 6.92 Å². The van der Waals surface area contributed by atoms with Gasteiger partial charge in [-0.05, 0) is 28.3 Å². The molecule has 6 heteroatoms. The molecule has 1 aliphatic heterocycles. The lowest BCUT2D eigenvalue weighted by Crippen LogP contribution is -2.46. The predicted molar refractivity (Wildman–Crippen MR) is 64.9 cm³/mol. The van der Waals surface area contributed by atoms with Gasteiger partial charge < -0.3 is 20.7 Å². The zero-order valence-electron chi connectivity index (χ0n) is 9.74. The Kier molecular flexibility index (Phi) is 3.23. The maximum Gasteiger partial charge on any atom is 0.363 e. The van der Waals surface area contributed by atoms with Crippen LogP contribution in [0.4, 0.5) is 11.5 Å². The molecule has 2 unspecified atom stereocenters. The zero-order chi connectivity index (χ0) is 12.4. The first-order chi connectivity index (χ1) is 8.06. The highest BCUT2D eigenvalue weighted by molar-refractivity contribution is 5.47. The van der Waals surface area contributed by atoms with Crippen molar-refractivity contribution in [1.29, 1.82) is 0 Å². The molecule has 1 aromatic heterocycles. The van der Waals surface area contributed by atoms with Gasteiger partial charge in [0.1, 0.15) is 0 Å². The second-order valence-corrected chi connectivity index (χ2v) is 4.64. The summed E-state index contributed by atoms with van der Waals surface area (Å²) in [7, 11) is 0. The van der Waals surface area contributed by atoms with Crippen LogP contribution in [0.3, 0.4) is 0 Å². The molecule has 0 aromatic carbocycles. The third kappa shape index (κ3) is 2.71. The molecule has 0 radical (unpaired) electrons. The van der Waals surface area contributed by atoms with Crippen LogP contribution in [0.2, 0.25) is 0 Å². The largest absolute Gasteiger partial charge is 0.367 e. The fraction of sp³-hybridized carbons (Fsp3) is 0.545. The average Bonchev–Trinajstić information content (AvgIpc) is 2.28.